The average Bonchev–Trinajstić information content (AvgIpc) is 2.46. The van der Waals surface area contributed by atoms with Crippen LogP contribution in [0.1, 0.15) is 30.9 Å². The van der Waals surface area contributed by atoms with Gasteiger partial charge >= 0.3 is 0 Å². The van der Waals surface area contributed by atoms with E-state index in [1.165, 1.54) is 17.5 Å². The zero-order valence-corrected chi connectivity index (χ0v) is 12.2. The van der Waals surface area contributed by atoms with Crippen LogP contribution in [-0.2, 0) is 12.8 Å². The van der Waals surface area contributed by atoms with Crippen molar-refractivity contribution in [2.24, 2.45) is 0 Å². The Labute approximate surface area is 116 Å². The summed E-state index contributed by atoms with van der Waals surface area (Å²) in [5.74, 6) is 1.08. The van der Waals surface area contributed by atoms with Gasteiger partial charge in [0, 0.05) is 12.6 Å². The van der Waals surface area contributed by atoms with Crippen LogP contribution in [0.2, 0.25) is 0 Å². The topological polar surface area (TPSA) is 33.3 Å². The maximum absolute atomic E-state index is 5.66. The van der Waals surface area contributed by atoms with Gasteiger partial charge in [-0.3, -0.25) is 0 Å². The number of ether oxygens (including phenoxy) is 1. The molecule has 0 aliphatic carbocycles. The maximum atomic E-state index is 5.66. The fourth-order valence-electron chi connectivity index (χ4n) is 2.55. The van der Waals surface area contributed by atoms with Crippen LogP contribution in [-0.4, -0.2) is 32.8 Å². The number of likely N-dealkylation sites (N-methyl/N-ethyl adjacent to an activating group) is 1. The lowest BCUT2D eigenvalue weighted by Crippen LogP contribution is -2.38. The molecule has 1 aromatic rings. The zero-order valence-electron chi connectivity index (χ0n) is 12.2. The Morgan fingerprint density at radius 2 is 2.26 bits per heavy atom. The highest BCUT2D eigenvalue weighted by Gasteiger charge is 2.12. The van der Waals surface area contributed by atoms with Gasteiger partial charge in [0.05, 0.1) is 6.61 Å². The number of nitrogens with one attached hydrogen (secondary N) is 2. The number of fused-ring (bicyclic) bond motifs is 1. The van der Waals surface area contributed by atoms with E-state index in [-0.39, 0.29) is 0 Å². The average molecular weight is 262 g/mol. The fraction of sp³-hybridized carbons (Fsp3) is 0.625. The Bertz CT molecular complexity index is 392. The Morgan fingerprint density at radius 3 is 3.05 bits per heavy atom. The minimum atomic E-state index is 0.495. The fourth-order valence-corrected chi connectivity index (χ4v) is 2.55. The number of hydrogen-bond donors (Lipinski definition) is 2. The van der Waals surface area contributed by atoms with E-state index in [4.69, 9.17) is 4.74 Å². The van der Waals surface area contributed by atoms with Crippen LogP contribution in [0, 0.1) is 0 Å². The molecule has 19 heavy (non-hydrogen) atoms. The normalized spacial score (nSPS) is 15.7. The monoisotopic (exact) mass is 262 g/mol. The molecule has 1 aliphatic rings. The van der Waals surface area contributed by atoms with E-state index in [0.717, 1.165) is 44.7 Å². The third-order valence-corrected chi connectivity index (χ3v) is 3.68. The Balaban J connectivity index is 1.93. The van der Waals surface area contributed by atoms with Gasteiger partial charge in [-0.1, -0.05) is 19.1 Å². The van der Waals surface area contributed by atoms with Crippen LogP contribution >= 0.6 is 0 Å². The second kappa shape index (κ2) is 7.51. The molecule has 3 nitrogen and oxygen atoms in total. The van der Waals surface area contributed by atoms with Crippen LogP contribution in [0.4, 0.5) is 0 Å². The molecular formula is C16H26N2O. The standard InChI is InChI=1S/C16H26N2O/c1-3-8-18-12-15(17-2)11-13-6-7-16-14(10-13)5-4-9-19-16/h6-7,10,15,17-18H,3-5,8-9,11-12H2,1-2H3. The van der Waals surface area contributed by atoms with Gasteiger partial charge in [0.2, 0.25) is 0 Å². The summed E-state index contributed by atoms with van der Waals surface area (Å²) in [5.41, 5.74) is 2.78. The summed E-state index contributed by atoms with van der Waals surface area (Å²) in [6.07, 6.45) is 4.55. The van der Waals surface area contributed by atoms with Crippen molar-refractivity contribution in [3.05, 3.63) is 29.3 Å². The van der Waals surface area contributed by atoms with Crippen molar-refractivity contribution in [1.82, 2.24) is 10.6 Å². The molecule has 0 spiro atoms. The largest absolute Gasteiger partial charge is 0.493 e. The first-order valence-electron chi connectivity index (χ1n) is 7.46. The van der Waals surface area contributed by atoms with Crippen molar-refractivity contribution < 1.29 is 4.74 Å². The van der Waals surface area contributed by atoms with Crippen molar-refractivity contribution in [1.29, 1.82) is 0 Å². The maximum Gasteiger partial charge on any atom is 0.122 e. The molecule has 1 heterocycles. The molecular weight excluding hydrogens is 236 g/mol. The van der Waals surface area contributed by atoms with E-state index in [2.05, 4.69) is 35.8 Å². The van der Waals surface area contributed by atoms with Crippen molar-refractivity contribution in [3.63, 3.8) is 0 Å². The van der Waals surface area contributed by atoms with Gasteiger partial charge in [-0.05, 0) is 56.5 Å². The summed E-state index contributed by atoms with van der Waals surface area (Å²) in [4.78, 5) is 0. The summed E-state index contributed by atoms with van der Waals surface area (Å²) in [5, 5.41) is 6.88. The summed E-state index contributed by atoms with van der Waals surface area (Å²) >= 11 is 0. The number of benzene rings is 1. The molecule has 0 saturated heterocycles. The SMILES string of the molecule is CCCNCC(Cc1ccc2c(c1)CCCO2)NC. The highest BCUT2D eigenvalue weighted by molar-refractivity contribution is 5.38. The van der Waals surface area contributed by atoms with E-state index in [0.29, 0.717) is 6.04 Å². The van der Waals surface area contributed by atoms with Crippen LogP contribution in [0.15, 0.2) is 18.2 Å². The van der Waals surface area contributed by atoms with Crippen LogP contribution < -0.4 is 15.4 Å². The highest BCUT2D eigenvalue weighted by atomic mass is 16.5. The van der Waals surface area contributed by atoms with Crippen LogP contribution in [0.3, 0.4) is 0 Å². The minimum absolute atomic E-state index is 0.495. The second-order valence-corrected chi connectivity index (χ2v) is 5.29. The lowest BCUT2D eigenvalue weighted by Gasteiger charge is -2.20. The quantitative estimate of drug-likeness (QED) is 0.739. The van der Waals surface area contributed by atoms with Gasteiger partial charge in [0.1, 0.15) is 5.75 Å². The van der Waals surface area contributed by atoms with E-state index in [1.54, 1.807) is 0 Å². The molecule has 1 aromatic carbocycles. The number of hydrogen-bond acceptors (Lipinski definition) is 3. The molecule has 3 heteroatoms. The molecule has 1 aliphatic heterocycles. The molecule has 2 rings (SSSR count). The molecule has 1 atom stereocenters. The second-order valence-electron chi connectivity index (χ2n) is 5.29. The van der Waals surface area contributed by atoms with E-state index in [1.807, 2.05) is 7.05 Å². The molecule has 106 valence electrons. The first-order valence-corrected chi connectivity index (χ1v) is 7.46. The summed E-state index contributed by atoms with van der Waals surface area (Å²) in [7, 11) is 2.04. The van der Waals surface area contributed by atoms with Gasteiger partial charge in [0.25, 0.3) is 0 Å². The van der Waals surface area contributed by atoms with Crippen molar-refractivity contribution in [2.75, 3.05) is 26.7 Å². The molecule has 0 radical (unpaired) electrons. The predicted molar refractivity (Wildman–Crippen MR) is 80.0 cm³/mol. The minimum Gasteiger partial charge on any atom is -0.493 e. The van der Waals surface area contributed by atoms with Gasteiger partial charge in [0.15, 0.2) is 0 Å². The van der Waals surface area contributed by atoms with E-state index < -0.39 is 0 Å². The Morgan fingerprint density at radius 1 is 1.37 bits per heavy atom. The van der Waals surface area contributed by atoms with Gasteiger partial charge in [-0.2, -0.15) is 0 Å². The number of aryl methyl sites for hydroxylation is 1. The molecule has 0 fully saturated rings. The summed E-state index contributed by atoms with van der Waals surface area (Å²) in [6.45, 7) is 5.19. The molecule has 2 N–H and O–H groups in total. The Kier molecular flexibility index (Phi) is 5.67. The third-order valence-electron chi connectivity index (χ3n) is 3.68. The molecule has 0 aromatic heterocycles. The molecule has 0 bridgehead atoms. The first kappa shape index (κ1) is 14.4. The molecule has 1 unspecified atom stereocenters. The van der Waals surface area contributed by atoms with Crippen LogP contribution in [0.25, 0.3) is 0 Å². The first-order chi connectivity index (χ1) is 9.33. The highest BCUT2D eigenvalue weighted by Crippen LogP contribution is 2.25. The molecule has 0 saturated carbocycles. The number of rotatable bonds is 7. The summed E-state index contributed by atoms with van der Waals surface area (Å²) < 4.78 is 5.66. The Hall–Kier alpha value is -1.06. The summed E-state index contributed by atoms with van der Waals surface area (Å²) in [6, 6.07) is 7.15. The van der Waals surface area contributed by atoms with Gasteiger partial charge in [-0.25, -0.2) is 0 Å². The third kappa shape index (κ3) is 4.22. The van der Waals surface area contributed by atoms with E-state index >= 15 is 0 Å². The van der Waals surface area contributed by atoms with Crippen LogP contribution in [0.5, 0.6) is 5.75 Å². The predicted octanol–water partition coefficient (Wildman–Crippen LogP) is 2.14. The van der Waals surface area contributed by atoms with E-state index in [9.17, 15) is 0 Å². The van der Waals surface area contributed by atoms with Gasteiger partial charge in [-0.15, -0.1) is 0 Å². The smallest absolute Gasteiger partial charge is 0.122 e. The van der Waals surface area contributed by atoms with Gasteiger partial charge < -0.3 is 15.4 Å². The van der Waals surface area contributed by atoms with Crippen molar-refractivity contribution in [2.45, 2.75) is 38.6 Å². The van der Waals surface area contributed by atoms with Crippen molar-refractivity contribution in [3.8, 4) is 5.75 Å². The lowest BCUT2D eigenvalue weighted by atomic mass is 9.99. The van der Waals surface area contributed by atoms with Crippen molar-refractivity contribution >= 4 is 0 Å². The zero-order chi connectivity index (χ0) is 13.5. The molecule has 0 amide bonds. The lowest BCUT2D eigenvalue weighted by molar-refractivity contribution is 0.288.